The standard InChI is InChI=1S/C8H15N3O2S/c1-5-7(9)8(11(2)10-5)14-4-6(13)3-12/h6,12-13H,3-4,9H2,1-2H3. The Bertz CT molecular complexity index is 314. The maximum Gasteiger partial charge on any atom is 0.117 e. The number of aliphatic hydroxyl groups is 2. The molecule has 4 N–H and O–H groups in total. The molecule has 0 aromatic carbocycles. The fraction of sp³-hybridized carbons (Fsp3) is 0.625. The predicted octanol–water partition coefficient (Wildman–Crippen LogP) is -0.244. The Hall–Kier alpha value is -0.720. The van der Waals surface area contributed by atoms with Crippen molar-refractivity contribution in [3.8, 4) is 0 Å². The van der Waals surface area contributed by atoms with Gasteiger partial charge in [0.15, 0.2) is 0 Å². The third kappa shape index (κ3) is 2.40. The zero-order valence-electron chi connectivity index (χ0n) is 8.27. The third-order valence-corrected chi connectivity index (χ3v) is 3.15. The second-order valence-electron chi connectivity index (χ2n) is 3.08. The van der Waals surface area contributed by atoms with Gasteiger partial charge in [-0.1, -0.05) is 0 Å². The van der Waals surface area contributed by atoms with Gasteiger partial charge in [-0.05, 0) is 6.92 Å². The molecule has 0 saturated heterocycles. The Labute approximate surface area is 86.9 Å². The average molecular weight is 217 g/mol. The molecule has 1 aromatic heterocycles. The summed E-state index contributed by atoms with van der Waals surface area (Å²) in [6.45, 7) is 1.60. The number of rotatable bonds is 4. The number of nitrogen functional groups attached to an aromatic ring is 1. The molecule has 1 aromatic rings. The summed E-state index contributed by atoms with van der Waals surface area (Å²) in [7, 11) is 1.80. The Kier molecular flexibility index (Phi) is 3.79. The van der Waals surface area contributed by atoms with Gasteiger partial charge >= 0.3 is 0 Å². The number of hydrogen-bond donors (Lipinski definition) is 3. The minimum atomic E-state index is -0.713. The summed E-state index contributed by atoms with van der Waals surface area (Å²) in [5, 5.41) is 22.8. The van der Waals surface area contributed by atoms with Crippen molar-refractivity contribution in [1.82, 2.24) is 9.78 Å². The van der Waals surface area contributed by atoms with Gasteiger partial charge in [-0.2, -0.15) is 5.10 Å². The molecule has 0 amide bonds. The lowest BCUT2D eigenvalue weighted by molar-refractivity contribution is 0.113. The number of anilines is 1. The number of nitrogens with zero attached hydrogens (tertiary/aromatic N) is 2. The Morgan fingerprint density at radius 2 is 2.29 bits per heavy atom. The van der Waals surface area contributed by atoms with Crippen LogP contribution in [0.15, 0.2) is 5.03 Å². The van der Waals surface area contributed by atoms with E-state index in [2.05, 4.69) is 5.10 Å². The van der Waals surface area contributed by atoms with Crippen LogP contribution in [0.1, 0.15) is 5.69 Å². The quantitative estimate of drug-likeness (QED) is 0.606. The fourth-order valence-electron chi connectivity index (χ4n) is 1.05. The van der Waals surface area contributed by atoms with E-state index in [0.717, 1.165) is 10.7 Å². The van der Waals surface area contributed by atoms with Gasteiger partial charge in [-0.25, -0.2) is 0 Å². The SMILES string of the molecule is Cc1nn(C)c(SCC(O)CO)c1N. The molecule has 0 radical (unpaired) electrons. The molecule has 0 saturated carbocycles. The van der Waals surface area contributed by atoms with Gasteiger partial charge in [-0.3, -0.25) is 4.68 Å². The highest BCUT2D eigenvalue weighted by Crippen LogP contribution is 2.27. The van der Waals surface area contributed by atoms with Crippen LogP contribution in [0, 0.1) is 6.92 Å². The minimum absolute atomic E-state index is 0.232. The van der Waals surface area contributed by atoms with Crippen LogP contribution in [0.3, 0.4) is 0 Å². The summed E-state index contributed by atoms with van der Waals surface area (Å²) in [4.78, 5) is 0. The first-order valence-corrected chi connectivity index (χ1v) is 5.25. The highest BCUT2D eigenvalue weighted by Gasteiger charge is 2.12. The number of aliphatic hydroxyl groups excluding tert-OH is 2. The molecule has 14 heavy (non-hydrogen) atoms. The van der Waals surface area contributed by atoms with Crippen molar-refractivity contribution in [2.24, 2.45) is 7.05 Å². The van der Waals surface area contributed by atoms with Crippen molar-refractivity contribution >= 4 is 17.4 Å². The molecule has 1 rings (SSSR count). The average Bonchev–Trinajstić information content (AvgIpc) is 2.39. The van der Waals surface area contributed by atoms with Crippen LogP contribution >= 0.6 is 11.8 Å². The van der Waals surface area contributed by atoms with Gasteiger partial charge in [0.25, 0.3) is 0 Å². The predicted molar refractivity (Wildman–Crippen MR) is 56.2 cm³/mol. The van der Waals surface area contributed by atoms with E-state index in [1.54, 1.807) is 11.7 Å². The van der Waals surface area contributed by atoms with Gasteiger partial charge in [-0.15, -0.1) is 11.8 Å². The second-order valence-corrected chi connectivity index (χ2v) is 4.08. The molecule has 0 bridgehead atoms. The Morgan fingerprint density at radius 1 is 1.64 bits per heavy atom. The van der Waals surface area contributed by atoms with E-state index in [1.165, 1.54) is 11.8 Å². The van der Waals surface area contributed by atoms with Crippen molar-refractivity contribution < 1.29 is 10.2 Å². The number of thioether (sulfide) groups is 1. The van der Waals surface area contributed by atoms with Crippen LogP contribution < -0.4 is 5.73 Å². The van der Waals surface area contributed by atoms with E-state index in [0.29, 0.717) is 11.4 Å². The molecule has 0 aliphatic rings. The molecule has 5 nitrogen and oxygen atoms in total. The molecule has 1 heterocycles. The summed E-state index contributed by atoms with van der Waals surface area (Å²) in [5.74, 6) is 0.416. The van der Waals surface area contributed by atoms with Crippen LogP contribution in [-0.4, -0.2) is 38.5 Å². The van der Waals surface area contributed by atoms with E-state index in [9.17, 15) is 0 Å². The molecular formula is C8H15N3O2S. The van der Waals surface area contributed by atoms with Crippen LogP contribution in [0.4, 0.5) is 5.69 Å². The molecule has 80 valence electrons. The molecule has 6 heteroatoms. The Morgan fingerprint density at radius 3 is 2.71 bits per heavy atom. The van der Waals surface area contributed by atoms with Crippen molar-refractivity contribution in [2.45, 2.75) is 18.1 Å². The summed E-state index contributed by atoms with van der Waals surface area (Å²) in [6, 6.07) is 0. The summed E-state index contributed by atoms with van der Waals surface area (Å²) >= 11 is 1.39. The fourth-order valence-corrected chi connectivity index (χ4v) is 2.04. The van der Waals surface area contributed by atoms with Crippen LogP contribution in [-0.2, 0) is 7.05 Å². The summed E-state index contributed by atoms with van der Waals surface area (Å²) < 4.78 is 1.68. The monoisotopic (exact) mass is 217 g/mol. The van der Waals surface area contributed by atoms with Gasteiger partial charge in [0.2, 0.25) is 0 Å². The van der Waals surface area contributed by atoms with E-state index >= 15 is 0 Å². The number of aryl methyl sites for hydroxylation is 2. The van der Waals surface area contributed by atoms with E-state index < -0.39 is 6.10 Å². The summed E-state index contributed by atoms with van der Waals surface area (Å²) in [6.07, 6.45) is -0.713. The first-order chi connectivity index (χ1) is 6.56. The molecule has 1 atom stereocenters. The molecule has 0 aliphatic carbocycles. The normalized spacial score (nSPS) is 13.1. The van der Waals surface area contributed by atoms with Crippen molar-refractivity contribution in [3.63, 3.8) is 0 Å². The number of nitrogens with two attached hydrogens (primary N) is 1. The van der Waals surface area contributed by atoms with Gasteiger partial charge in [0.1, 0.15) is 5.03 Å². The largest absolute Gasteiger partial charge is 0.395 e. The van der Waals surface area contributed by atoms with E-state index in [-0.39, 0.29) is 6.61 Å². The molecule has 0 aliphatic heterocycles. The molecular weight excluding hydrogens is 202 g/mol. The lowest BCUT2D eigenvalue weighted by Gasteiger charge is -2.06. The van der Waals surface area contributed by atoms with Gasteiger partial charge in [0.05, 0.1) is 24.1 Å². The smallest absolute Gasteiger partial charge is 0.117 e. The third-order valence-electron chi connectivity index (χ3n) is 1.84. The van der Waals surface area contributed by atoms with Crippen molar-refractivity contribution in [1.29, 1.82) is 0 Å². The maximum atomic E-state index is 9.17. The molecule has 0 fully saturated rings. The zero-order valence-corrected chi connectivity index (χ0v) is 9.08. The van der Waals surface area contributed by atoms with Crippen LogP contribution in [0.5, 0.6) is 0 Å². The molecule has 1 unspecified atom stereocenters. The number of hydrogen-bond acceptors (Lipinski definition) is 5. The topological polar surface area (TPSA) is 84.3 Å². The van der Waals surface area contributed by atoms with E-state index in [1.807, 2.05) is 6.92 Å². The van der Waals surface area contributed by atoms with Gasteiger partial charge < -0.3 is 15.9 Å². The summed E-state index contributed by atoms with van der Waals surface area (Å²) in [5.41, 5.74) is 7.21. The minimum Gasteiger partial charge on any atom is -0.395 e. The van der Waals surface area contributed by atoms with Crippen LogP contribution in [0.2, 0.25) is 0 Å². The lowest BCUT2D eigenvalue weighted by atomic mass is 10.4. The lowest BCUT2D eigenvalue weighted by Crippen LogP contribution is -2.15. The van der Waals surface area contributed by atoms with Gasteiger partial charge in [0, 0.05) is 12.8 Å². The van der Waals surface area contributed by atoms with E-state index in [4.69, 9.17) is 15.9 Å². The first kappa shape index (κ1) is 11.4. The zero-order chi connectivity index (χ0) is 10.7. The maximum absolute atomic E-state index is 9.17. The first-order valence-electron chi connectivity index (χ1n) is 4.27. The second kappa shape index (κ2) is 4.68. The van der Waals surface area contributed by atoms with Crippen molar-refractivity contribution in [3.05, 3.63) is 5.69 Å². The number of aromatic nitrogens is 2. The van der Waals surface area contributed by atoms with Crippen LogP contribution in [0.25, 0.3) is 0 Å². The highest BCUT2D eigenvalue weighted by atomic mass is 32.2. The highest BCUT2D eigenvalue weighted by molar-refractivity contribution is 7.99. The molecule has 0 spiro atoms. The Balaban J connectivity index is 2.67. The van der Waals surface area contributed by atoms with Crippen molar-refractivity contribution in [2.75, 3.05) is 18.1 Å².